The van der Waals surface area contributed by atoms with Crippen LogP contribution in [0, 0.1) is 5.41 Å². The van der Waals surface area contributed by atoms with Crippen LogP contribution in [-0.4, -0.2) is 7.11 Å². The summed E-state index contributed by atoms with van der Waals surface area (Å²) in [6, 6.07) is 8.74. The molecule has 0 radical (unpaired) electrons. The Morgan fingerprint density at radius 3 is 2.23 bits per heavy atom. The monoisotopic (exact) mass is 302 g/mol. The lowest BCUT2D eigenvalue weighted by atomic mass is 9.68. The molecular weight excluding hydrogens is 268 g/mol. The molecule has 0 unspecified atom stereocenters. The van der Waals surface area contributed by atoms with Crippen molar-refractivity contribution in [3.8, 4) is 5.75 Å². The Hall–Kier alpha value is -0.980. The number of unbranched alkanes of at least 4 members (excludes halogenated alkanes) is 4. The first-order valence-corrected chi connectivity index (χ1v) is 9.31. The van der Waals surface area contributed by atoms with Crippen LogP contribution in [0.2, 0.25) is 0 Å². The minimum absolute atomic E-state index is 0.606. The lowest BCUT2D eigenvalue weighted by Crippen LogP contribution is -2.23. The molecule has 1 saturated carbocycles. The van der Waals surface area contributed by atoms with Crippen molar-refractivity contribution in [2.45, 2.75) is 84.0 Å². The summed E-state index contributed by atoms with van der Waals surface area (Å²) in [6.45, 7) is 4.82. The summed E-state index contributed by atoms with van der Waals surface area (Å²) in [5.74, 6) is 1.73. The van der Waals surface area contributed by atoms with E-state index in [1.807, 2.05) is 0 Å². The fourth-order valence-electron chi connectivity index (χ4n) is 3.93. The van der Waals surface area contributed by atoms with Crippen LogP contribution in [0.1, 0.15) is 89.5 Å². The van der Waals surface area contributed by atoms with Gasteiger partial charge in [-0.1, -0.05) is 58.1 Å². The van der Waals surface area contributed by atoms with Gasteiger partial charge in [-0.2, -0.15) is 0 Å². The molecular formula is C21H34O. The van der Waals surface area contributed by atoms with E-state index in [1.54, 1.807) is 7.11 Å². The highest BCUT2D eigenvalue weighted by molar-refractivity contribution is 5.29. The maximum atomic E-state index is 5.26. The molecule has 1 heteroatoms. The van der Waals surface area contributed by atoms with E-state index in [1.165, 1.54) is 69.8 Å². The highest BCUT2D eigenvalue weighted by atomic mass is 16.5. The van der Waals surface area contributed by atoms with Crippen LogP contribution in [0.3, 0.4) is 0 Å². The Kier molecular flexibility index (Phi) is 6.79. The van der Waals surface area contributed by atoms with E-state index < -0.39 is 0 Å². The first kappa shape index (κ1) is 17.4. The van der Waals surface area contributed by atoms with E-state index >= 15 is 0 Å². The van der Waals surface area contributed by atoms with Gasteiger partial charge in [-0.15, -0.1) is 0 Å². The third kappa shape index (κ3) is 5.04. The van der Waals surface area contributed by atoms with Gasteiger partial charge in [0.15, 0.2) is 0 Å². The summed E-state index contributed by atoms with van der Waals surface area (Å²) >= 11 is 0. The average Bonchev–Trinajstić information content (AvgIpc) is 2.55. The molecule has 1 aromatic rings. The molecule has 1 aromatic carbocycles. The van der Waals surface area contributed by atoms with Crippen molar-refractivity contribution < 1.29 is 4.74 Å². The molecule has 0 amide bonds. The van der Waals surface area contributed by atoms with Gasteiger partial charge in [-0.05, 0) is 61.1 Å². The smallest absolute Gasteiger partial charge is 0.118 e. The van der Waals surface area contributed by atoms with E-state index in [0.29, 0.717) is 5.41 Å². The van der Waals surface area contributed by atoms with Gasteiger partial charge in [-0.3, -0.25) is 0 Å². The number of ether oxygens (including phenoxy) is 1. The molecule has 0 heterocycles. The van der Waals surface area contributed by atoms with Crippen molar-refractivity contribution in [3.63, 3.8) is 0 Å². The Bertz CT molecular complexity index is 412. The summed E-state index contributed by atoms with van der Waals surface area (Å²) < 4.78 is 5.26. The second kappa shape index (κ2) is 8.60. The molecule has 0 saturated heterocycles. The van der Waals surface area contributed by atoms with Crippen molar-refractivity contribution in [3.05, 3.63) is 29.8 Å². The van der Waals surface area contributed by atoms with Gasteiger partial charge in [0.1, 0.15) is 5.75 Å². The number of benzene rings is 1. The summed E-state index contributed by atoms with van der Waals surface area (Å²) in [6.07, 6.45) is 14.0. The predicted molar refractivity (Wildman–Crippen MR) is 95.7 cm³/mol. The van der Waals surface area contributed by atoms with Crippen LogP contribution in [0.4, 0.5) is 0 Å². The van der Waals surface area contributed by atoms with Gasteiger partial charge in [0, 0.05) is 0 Å². The number of hydrogen-bond acceptors (Lipinski definition) is 1. The first-order valence-electron chi connectivity index (χ1n) is 9.31. The van der Waals surface area contributed by atoms with E-state index in [2.05, 4.69) is 38.1 Å². The Labute approximate surface area is 137 Å². The topological polar surface area (TPSA) is 9.23 Å². The fraction of sp³-hybridized carbons (Fsp3) is 0.714. The van der Waals surface area contributed by atoms with Crippen LogP contribution in [0.5, 0.6) is 5.75 Å². The quantitative estimate of drug-likeness (QED) is 0.484. The fourth-order valence-corrected chi connectivity index (χ4v) is 3.93. The minimum atomic E-state index is 0.606. The summed E-state index contributed by atoms with van der Waals surface area (Å²) in [7, 11) is 1.74. The Morgan fingerprint density at radius 1 is 1.00 bits per heavy atom. The van der Waals surface area contributed by atoms with Gasteiger partial charge < -0.3 is 4.74 Å². The number of methoxy groups -OCH3 is 1. The Morgan fingerprint density at radius 2 is 1.64 bits per heavy atom. The van der Waals surface area contributed by atoms with Crippen LogP contribution < -0.4 is 4.74 Å². The molecule has 2 rings (SSSR count). The maximum Gasteiger partial charge on any atom is 0.118 e. The van der Waals surface area contributed by atoms with Crippen molar-refractivity contribution in [2.24, 2.45) is 5.41 Å². The van der Waals surface area contributed by atoms with Crippen LogP contribution in [-0.2, 0) is 0 Å². The van der Waals surface area contributed by atoms with Crippen molar-refractivity contribution in [2.75, 3.05) is 7.11 Å². The number of rotatable bonds is 8. The molecule has 0 aromatic heterocycles. The standard InChI is InChI=1S/C21H34O/c1-4-5-6-7-8-15-21(2)16-13-19(14-17-21)18-9-11-20(22-3)12-10-18/h9-12,19H,4-8,13-17H2,1-3H3. The van der Waals surface area contributed by atoms with Crippen molar-refractivity contribution >= 4 is 0 Å². The van der Waals surface area contributed by atoms with Crippen molar-refractivity contribution in [1.29, 1.82) is 0 Å². The van der Waals surface area contributed by atoms with Crippen LogP contribution in [0.15, 0.2) is 24.3 Å². The lowest BCUT2D eigenvalue weighted by Gasteiger charge is -2.38. The zero-order valence-electron chi connectivity index (χ0n) is 14.9. The van der Waals surface area contributed by atoms with E-state index in [4.69, 9.17) is 4.74 Å². The normalized spacial score (nSPS) is 25.1. The predicted octanol–water partition coefficient (Wildman–Crippen LogP) is 6.72. The summed E-state index contributed by atoms with van der Waals surface area (Å²) in [5.41, 5.74) is 2.11. The Balaban J connectivity index is 1.76. The van der Waals surface area contributed by atoms with Gasteiger partial charge >= 0.3 is 0 Å². The van der Waals surface area contributed by atoms with Crippen LogP contribution in [0.25, 0.3) is 0 Å². The van der Waals surface area contributed by atoms with Gasteiger partial charge in [0.2, 0.25) is 0 Å². The molecule has 1 aliphatic carbocycles. The lowest BCUT2D eigenvalue weighted by molar-refractivity contribution is 0.177. The first-order chi connectivity index (χ1) is 10.7. The molecule has 1 nitrogen and oxygen atoms in total. The third-order valence-corrected chi connectivity index (χ3v) is 5.66. The van der Waals surface area contributed by atoms with E-state index in [9.17, 15) is 0 Å². The molecule has 124 valence electrons. The molecule has 0 spiro atoms. The summed E-state index contributed by atoms with van der Waals surface area (Å²) in [4.78, 5) is 0. The molecule has 0 N–H and O–H groups in total. The third-order valence-electron chi connectivity index (χ3n) is 5.66. The van der Waals surface area contributed by atoms with Gasteiger partial charge in [-0.25, -0.2) is 0 Å². The molecule has 0 bridgehead atoms. The van der Waals surface area contributed by atoms with Crippen LogP contribution >= 0.6 is 0 Å². The second-order valence-corrected chi connectivity index (χ2v) is 7.52. The molecule has 0 atom stereocenters. The van der Waals surface area contributed by atoms with Crippen molar-refractivity contribution in [1.82, 2.24) is 0 Å². The highest BCUT2D eigenvalue weighted by Gasteiger charge is 2.31. The zero-order chi connectivity index (χ0) is 15.8. The van der Waals surface area contributed by atoms with Gasteiger partial charge in [0.25, 0.3) is 0 Å². The zero-order valence-corrected chi connectivity index (χ0v) is 14.9. The maximum absolute atomic E-state index is 5.26. The average molecular weight is 303 g/mol. The largest absolute Gasteiger partial charge is 0.497 e. The van der Waals surface area contributed by atoms with E-state index in [-0.39, 0.29) is 0 Å². The second-order valence-electron chi connectivity index (χ2n) is 7.52. The molecule has 0 aliphatic heterocycles. The molecule has 1 fully saturated rings. The highest BCUT2D eigenvalue weighted by Crippen LogP contribution is 2.45. The minimum Gasteiger partial charge on any atom is -0.497 e. The molecule has 1 aliphatic rings. The number of hydrogen-bond donors (Lipinski definition) is 0. The SMILES string of the molecule is CCCCCCCC1(C)CCC(c2ccc(OC)cc2)CC1. The van der Waals surface area contributed by atoms with E-state index in [0.717, 1.165) is 11.7 Å². The van der Waals surface area contributed by atoms with Gasteiger partial charge in [0.05, 0.1) is 7.11 Å². The molecule has 22 heavy (non-hydrogen) atoms. The summed E-state index contributed by atoms with van der Waals surface area (Å²) in [5, 5.41) is 0.